The SMILES string of the molecule is O=C(COC(=O)c1cc2c(F)cccc2s1)NC(=O)c1ccco1. The maximum absolute atomic E-state index is 13.6. The molecule has 0 aliphatic heterocycles. The Labute approximate surface area is 138 Å². The number of imide groups is 1. The van der Waals surface area contributed by atoms with Gasteiger partial charge in [-0.15, -0.1) is 11.3 Å². The third-order valence-electron chi connectivity index (χ3n) is 3.04. The van der Waals surface area contributed by atoms with E-state index in [1.165, 1.54) is 36.6 Å². The van der Waals surface area contributed by atoms with Gasteiger partial charge >= 0.3 is 5.97 Å². The van der Waals surface area contributed by atoms with Crippen molar-refractivity contribution in [1.82, 2.24) is 5.32 Å². The minimum atomic E-state index is -0.794. The number of ether oxygens (including phenoxy) is 1. The molecule has 3 aromatic rings. The molecule has 8 heteroatoms. The second kappa shape index (κ2) is 6.63. The van der Waals surface area contributed by atoms with E-state index in [1.807, 2.05) is 5.32 Å². The first-order valence-electron chi connectivity index (χ1n) is 6.77. The Morgan fingerprint density at radius 2 is 2.04 bits per heavy atom. The summed E-state index contributed by atoms with van der Waals surface area (Å²) >= 11 is 1.05. The number of benzene rings is 1. The van der Waals surface area contributed by atoms with Gasteiger partial charge in [-0.2, -0.15) is 0 Å². The highest BCUT2D eigenvalue weighted by atomic mass is 32.1. The Balaban J connectivity index is 1.59. The van der Waals surface area contributed by atoms with Gasteiger partial charge in [-0.3, -0.25) is 14.9 Å². The van der Waals surface area contributed by atoms with E-state index in [-0.39, 0.29) is 10.6 Å². The first-order valence-corrected chi connectivity index (χ1v) is 7.59. The van der Waals surface area contributed by atoms with Crippen molar-refractivity contribution in [2.24, 2.45) is 0 Å². The first kappa shape index (κ1) is 15.9. The van der Waals surface area contributed by atoms with Crippen LogP contribution in [0.25, 0.3) is 10.1 Å². The summed E-state index contributed by atoms with van der Waals surface area (Å²) in [4.78, 5) is 35.3. The van der Waals surface area contributed by atoms with E-state index < -0.39 is 30.2 Å². The molecule has 0 aliphatic rings. The predicted molar refractivity (Wildman–Crippen MR) is 83.2 cm³/mol. The van der Waals surface area contributed by atoms with Crippen LogP contribution in [0.1, 0.15) is 20.2 Å². The predicted octanol–water partition coefficient (Wildman–Crippen LogP) is 2.75. The zero-order valence-electron chi connectivity index (χ0n) is 12.1. The lowest BCUT2D eigenvalue weighted by atomic mass is 10.2. The Morgan fingerprint density at radius 3 is 2.75 bits per heavy atom. The maximum atomic E-state index is 13.6. The first-order chi connectivity index (χ1) is 11.5. The number of thiophene rings is 1. The van der Waals surface area contributed by atoms with Gasteiger partial charge in [0.1, 0.15) is 10.7 Å². The van der Waals surface area contributed by atoms with E-state index in [9.17, 15) is 18.8 Å². The molecule has 6 nitrogen and oxygen atoms in total. The van der Waals surface area contributed by atoms with E-state index in [1.54, 1.807) is 6.07 Å². The number of carbonyl (C=O) groups excluding carboxylic acids is 3. The van der Waals surface area contributed by atoms with Crippen LogP contribution in [0.2, 0.25) is 0 Å². The largest absolute Gasteiger partial charge is 0.459 e. The van der Waals surface area contributed by atoms with Crippen LogP contribution in [0.3, 0.4) is 0 Å². The molecule has 2 heterocycles. The number of esters is 1. The molecule has 24 heavy (non-hydrogen) atoms. The van der Waals surface area contributed by atoms with Crippen molar-refractivity contribution >= 4 is 39.2 Å². The number of hydrogen-bond acceptors (Lipinski definition) is 6. The van der Waals surface area contributed by atoms with Crippen molar-refractivity contribution in [2.45, 2.75) is 0 Å². The smallest absolute Gasteiger partial charge is 0.348 e. The summed E-state index contributed by atoms with van der Waals surface area (Å²) in [6, 6.07) is 8.76. The molecule has 0 atom stereocenters. The van der Waals surface area contributed by atoms with Gasteiger partial charge in [-0.25, -0.2) is 9.18 Å². The molecule has 122 valence electrons. The van der Waals surface area contributed by atoms with E-state index in [0.29, 0.717) is 10.1 Å². The normalized spacial score (nSPS) is 10.5. The summed E-state index contributed by atoms with van der Waals surface area (Å²) in [5.41, 5.74) is 0. The minimum Gasteiger partial charge on any atom is -0.459 e. The summed E-state index contributed by atoms with van der Waals surface area (Å²) in [5, 5.41) is 2.33. The topological polar surface area (TPSA) is 85.6 Å². The second-order valence-corrected chi connectivity index (χ2v) is 5.78. The van der Waals surface area contributed by atoms with E-state index in [2.05, 4.69) is 0 Å². The highest BCUT2D eigenvalue weighted by molar-refractivity contribution is 7.20. The number of furan rings is 1. The lowest BCUT2D eigenvalue weighted by Crippen LogP contribution is -2.33. The third kappa shape index (κ3) is 3.33. The Morgan fingerprint density at radius 1 is 1.21 bits per heavy atom. The number of fused-ring (bicyclic) bond motifs is 1. The minimum absolute atomic E-state index is 0.0327. The second-order valence-electron chi connectivity index (χ2n) is 4.69. The van der Waals surface area contributed by atoms with Crippen molar-refractivity contribution in [3.8, 4) is 0 Å². The van der Waals surface area contributed by atoms with Gasteiger partial charge in [0.25, 0.3) is 11.8 Å². The van der Waals surface area contributed by atoms with E-state index in [0.717, 1.165) is 11.3 Å². The van der Waals surface area contributed by atoms with Crippen LogP contribution in [0.5, 0.6) is 0 Å². The molecule has 0 spiro atoms. The Hall–Kier alpha value is -3.00. The van der Waals surface area contributed by atoms with Crippen molar-refractivity contribution < 1.29 is 27.9 Å². The van der Waals surface area contributed by atoms with Crippen molar-refractivity contribution in [2.75, 3.05) is 6.61 Å². The number of carbonyl (C=O) groups is 3. The fourth-order valence-corrected chi connectivity index (χ4v) is 2.93. The monoisotopic (exact) mass is 347 g/mol. The van der Waals surface area contributed by atoms with Gasteiger partial charge < -0.3 is 9.15 Å². The molecule has 2 aromatic heterocycles. The fourth-order valence-electron chi connectivity index (χ4n) is 1.96. The molecule has 1 N–H and O–H groups in total. The van der Waals surface area contributed by atoms with Crippen LogP contribution in [-0.4, -0.2) is 24.4 Å². The molecular formula is C16H10FNO5S. The fraction of sp³-hybridized carbons (Fsp3) is 0.0625. The maximum Gasteiger partial charge on any atom is 0.348 e. The highest BCUT2D eigenvalue weighted by Gasteiger charge is 2.17. The van der Waals surface area contributed by atoms with Gasteiger partial charge in [0, 0.05) is 10.1 Å². The molecule has 0 saturated carbocycles. The van der Waals surface area contributed by atoms with Gasteiger partial charge in [-0.1, -0.05) is 6.07 Å². The molecule has 0 saturated heterocycles. The van der Waals surface area contributed by atoms with Gasteiger partial charge in [0.15, 0.2) is 12.4 Å². The Kier molecular flexibility index (Phi) is 4.39. The van der Waals surface area contributed by atoms with E-state index in [4.69, 9.17) is 9.15 Å². The van der Waals surface area contributed by atoms with Crippen LogP contribution in [-0.2, 0) is 9.53 Å². The van der Waals surface area contributed by atoms with Crippen molar-refractivity contribution in [3.05, 3.63) is 59.1 Å². The van der Waals surface area contributed by atoms with Crippen molar-refractivity contribution in [1.29, 1.82) is 0 Å². The molecule has 2 amide bonds. The summed E-state index contributed by atoms with van der Waals surface area (Å²) in [7, 11) is 0. The Bertz CT molecular complexity index is 916. The number of amides is 2. The molecule has 0 radical (unpaired) electrons. The zero-order valence-corrected chi connectivity index (χ0v) is 12.9. The lowest BCUT2D eigenvalue weighted by molar-refractivity contribution is -0.123. The van der Waals surface area contributed by atoms with Gasteiger partial charge in [0.2, 0.25) is 0 Å². The van der Waals surface area contributed by atoms with Crippen LogP contribution in [0.15, 0.2) is 47.1 Å². The summed E-state index contributed by atoms with van der Waals surface area (Å²) in [6.45, 7) is -0.637. The van der Waals surface area contributed by atoms with Crippen molar-refractivity contribution in [3.63, 3.8) is 0 Å². The quantitative estimate of drug-likeness (QED) is 0.734. The number of hydrogen-bond donors (Lipinski definition) is 1. The standard InChI is InChI=1S/C16H10FNO5S/c17-10-3-1-5-12-9(10)7-13(24-12)16(21)23-8-14(19)18-15(20)11-4-2-6-22-11/h1-7H,8H2,(H,18,19,20). The van der Waals surface area contributed by atoms with Crippen LogP contribution in [0.4, 0.5) is 4.39 Å². The summed E-state index contributed by atoms with van der Waals surface area (Å²) in [5.74, 6) is -2.77. The third-order valence-corrected chi connectivity index (χ3v) is 4.12. The highest BCUT2D eigenvalue weighted by Crippen LogP contribution is 2.28. The molecule has 3 rings (SSSR count). The number of halogens is 1. The van der Waals surface area contributed by atoms with Crippen LogP contribution >= 0.6 is 11.3 Å². The van der Waals surface area contributed by atoms with Gasteiger partial charge in [0.05, 0.1) is 6.26 Å². The van der Waals surface area contributed by atoms with Crippen LogP contribution < -0.4 is 5.32 Å². The number of nitrogens with one attached hydrogen (secondary N) is 1. The zero-order chi connectivity index (χ0) is 17.1. The molecule has 0 aliphatic carbocycles. The summed E-state index contributed by atoms with van der Waals surface area (Å²) in [6.07, 6.45) is 1.29. The average molecular weight is 347 g/mol. The van der Waals surface area contributed by atoms with E-state index >= 15 is 0 Å². The molecule has 0 fully saturated rings. The average Bonchev–Trinajstić information content (AvgIpc) is 3.22. The summed E-state index contributed by atoms with van der Waals surface area (Å²) < 4.78 is 23.9. The number of rotatable bonds is 4. The molecule has 1 aromatic carbocycles. The molecule has 0 unspecified atom stereocenters. The van der Waals surface area contributed by atoms with Gasteiger partial charge in [-0.05, 0) is 30.3 Å². The molecular weight excluding hydrogens is 337 g/mol. The lowest BCUT2D eigenvalue weighted by Gasteiger charge is -2.03. The molecule has 0 bridgehead atoms. The van der Waals surface area contributed by atoms with Crippen LogP contribution in [0, 0.1) is 5.82 Å².